The van der Waals surface area contributed by atoms with Crippen molar-refractivity contribution >= 4 is 23.2 Å². The number of carbonyl (C=O) groups is 1. The van der Waals surface area contributed by atoms with Gasteiger partial charge in [0.05, 0.1) is 0 Å². The minimum atomic E-state index is -4.37. The second-order valence-corrected chi connectivity index (χ2v) is 4.15. The summed E-state index contributed by atoms with van der Waals surface area (Å²) in [6, 6.07) is 5.68. The Kier molecular flexibility index (Phi) is 5.95. The number of rotatable bonds is 6. The zero-order chi connectivity index (χ0) is 14.3. The zero-order valence-corrected chi connectivity index (χ0v) is 10.7. The summed E-state index contributed by atoms with van der Waals surface area (Å²) in [6.45, 7) is -1.34. The molecule has 0 aromatic heterocycles. The van der Waals surface area contributed by atoms with Crippen molar-refractivity contribution in [1.82, 2.24) is 0 Å². The number of amides is 1. The third-order valence-electron chi connectivity index (χ3n) is 2.08. The number of halogens is 4. The first-order chi connectivity index (χ1) is 8.90. The van der Waals surface area contributed by atoms with E-state index in [0.717, 1.165) is 0 Å². The number of hydrogen-bond acceptors (Lipinski definition) is 2. The van der Waals surface area contributed by atoms with E-state index >= 15 is 0 Å². The third kappa shape index (κ3) is 6.91. The lowest BCUT2D eigenvalue weighted by Crippen LogP contribution is -2.19. The van der Waals surface area contributed by atoms with Gasteiger partial charge in [0, 0.05) is 18.0 Å². The van der Waals surface area contributed by atoms with Gasteiger partial charge in [0.1, 0.15) is 5.75 Å². The standard InChI is InChI=1S/C12H13ClF3NO2/c13-7-1-2-11(18)17-9-3-5-10(6-4-9)19-8-12(14,15)16/h3-6H,1-2,7-8H2,(H,17,18). The Balaban J connectivity index is 2.45. The van der Waals surface area contributed by atoms with Gasteiger partial charge in [-0.3, -0.25) is 4.79 Å². The summed E-state index contributed by atoms with van der Waals surface area (Å²) in [5.74, 6) is 0.304. The first kappa shape index (κ1) is 15.6. The molecular weight excluding hydrogens is 283 g/mol. The van der Waals surface area contributed by atoms with Crippen molar-refractivity contribution in [2.24, 2.45) is 0 Å². The SMILES string of the molecule is O=C(CCCCl)Nc1ccc(OCC(F)(F)F)cc1. The average Bonchev–Trinajstić information content (AvgIpc) is 2.34. The maximum atomic E-state index is 11.9. The van der Waals surface area contributed by atoms with E-state index in [0.29, 0.717) is 24.4 Å². The van der Waals surface area contributed by atoms with Gasteiger partial charge in [0.15, 0.2) is 6.61 Å². The highest BCUT2D eigenvalue weighted by Crippen LogP contribution is 2.20. The van der Waals surface area contributed by atoms with Crippen molar-refractivity contribution in [2.75, 3.05) is 17.8 Å². The summed E-state index contributed by atoms with van der Waals surface area (Å²) in [5, 5.41) is 2.60. The number of carbonyl (C=O) groups excluding carboxylic acids is 1. The minimum absolute atomic E-state index is 0.0936. The first-order valence-electron chi connectivity index (χ1n) is 5.56. The maximum absolute atomic E-state index is 11.9. The van der Waals surface area contributed by atoms with Crippen LogP contribution in [0.4, 0.5) is 18.9 Å². The smallest absolute Gasteiger partial charge is 0.422 e. The fourth-order valence-corrected chi connectivity index (χ4v) is 1.38. The fraction of sp³-hybridized carbons (Fsp3) is 0.417. The predicted molar refractivity (Wildman–Crippen MR) is 66.6 cm³/mol. The summed E-state index contributed by atoms with van der Waals surface area (Å²) in [4.78, 5) is 11.4. The van der Waals surface area contributed by atoms with E-state index in [2.05, 4.69) is 10.1 Å². The molecule has 0 heterocycles. The molecule has 0 aliphatic carbocycles. The predicted octanol–water partition coefficient (Wildman–Crippen LogP) is 3.59. The Hall–Kier alpha value is -1.43. The molecule has 106 valence electrons. The largest absolute Gasteiger partial charge is 0.484 e. The quantitative estimate of drug-likeness (QED) is 0.815. The topological polar surface area (TPSA) is 38.3 Å². The lowest BCUT2D eigenvalue weighted by atomic mass is 10.2. The van der Waals surface area contributed by atoms with Gasteiger partial charge in [-0.2, -0.15) is 13.2 Å². The zero-order valence-electron chi connectivity index (χ0n) is 9.97. The molecule has 7 heteroatoms. The van der Waals surface area contributed by atoms with Gasteiger partial charge < -0.3 is 10.1 Å². The highest BCUT2D eigenvalue weighted by Gasteiger charge is 2.28. The van der Waals surface area contributed by atoms with Crippen LogP contribution in [0.5, 0.6) is 5.75 Å². The van der Waals surface area contributed by atoms with Crippen LogP contribution in [0.3, 0.4) is 0 Å². The van der Waals surface area contributed by atoms with Crippen LogP contribution in [0, 0.1) is 0 Å². The minimum Gasteiger partial charge on any atom is -0.484 e. The molecule has 0 spiro atoms. The Bertz CT molecular complexity index is 406. The molecular formula is C12H13ClF3NO2. The van der Waals surface area contributed by atoms with Crippen LogP contribution in [0.15, 0.2) is 24.3 Å². The molecule has 0 saturated carbocycles. The summed E-state index contributed by atoms with van der Waals surface area (Å²) >= 11 is 5.45. The average molecular weight is 296 g/mol. The molecule has 0 aliphatic heterocycles. The number of alkyl halides is 4. The second-order valence-electron chi connectivity index (χ2n) is 3.77. The molecule has 1 aromatic carbocycles. The lowest BCUT2D eigenvalue weighted by molar-refractivity contribution is -0.153. The van der Waals surface area contributed by atoms with Crippen molar-refractivity contribution < 1.29 is 22.7 Å². The summed E-state index contributed by atoms with van der Waals surface area (Å²) in [6.07, 6.45) is -3.50. The molecule has 0 atom stereocenters. The Morgan fingerprint density at radius 2 is 1.89 bits per heavy atom. The molecule has 1 rings (SSSR count). The van der Waals surface area contributed by atoms with Gasteiger partial charge in [0.25, 0.3) is 0 Å². The summed E-state index contributed by atoms with van der Waals surface area (Å²) in [5.41, 5.74) is 0.499. The van der Waals surface area contributed by atoms with Crippen LogP contribution in [0.25, 0.3) is 0 Å². The lowest BCUT2D eigenvalue weighted by Gasteiger charge is -2.10. The first-order valence-corrected chi connectivity index (χ1v) is 6.09. The van der Waals surface area contributed by atoms with Crippen molar-refractivity contribution in [3.05, 3.63) is 24.3 Å². The molecule has 0 saturated heterocycles. The van der Waals surface area contributed by atoms with Gasteiger partial charge >= 0.3 is 6.18 Å². The van der Waals surface area contributed by atoms with Crippen molar-refractivity contribution in [2.45, 2.75) is 19.0 Å². The van der Waals surface area contributed by atoms with E-state index in [4.69, 9.17) is 11.6 Å². The van der Waals surface area contributed by atoms with Gasteiger partial charge in [-0.05, 0) is 30.7 Å². The molecule has 1 aromatic rings. The Morgan fingerprint density at radius 3 is 2.42 bits per heavy atom. The number of anilines is 1. The number of nitrogens with one attached hydrogen (secondary N) is 1. The van der Waals surface area contributed by atoms with E-state index in [-0.39, 0.29) is 11.7 Å². The highest BCUT2D eigenvalue weighted by molar-refractivity contribution is 6.18. The van der Waals surface area contributed by atoms with Gasteiger partial charge in [-0.25, -0.2) is 0 Å². The number of hydrogen-bond donors (Lipinski definition) is 1. The molecule has 0 unspecified atom stereocenters. The van der Waals surface area contributed by atoms with Crippen LogP contribution in [0.1, 0.15) is 12.8 Å². The molecule has 0 fully saturated rings. The normalized spacial score (nSPS) is 11.2. The van der Waals surface area contributed by atoms with E-state index in [1.807, 2.05) is 0 Å². The van der Waals surface area contributed by atoms with Crippen molar-refractivity contribution in [1.29, 1.82) is 0 Å². The van der Waals surface area contributed by atoms with E-state index in [1.165, 1.54) is 24.3 Å². The second kappa shape index (κ2) is 7.23. The Labute approximate surface area is 113 Å². The van der Waals surface area contributed by atoms with Gasteiger partial charge in [-0.1, -0.05) is 0 Å². The Morgan fingerprint density at radius 1 is 1.26 bits per heavy atom. The van der Waals surface area contributed by atoms with Gasteiger partial charge in [-0.15, -0.1) is 11.6 Å². The van der Waals surface area contributed by atoms with Crippen molar-refractivity contribution in [3.63, 3.8) is 0 Å². The van der Waals surface area contributed by atoms with Crippen LogP contribution in [-0.4, -0.2) is 24.6 Å². The monoisotopic (exact) mass is 295 g/mol. The maximum Gasteiger partial charge on any atom is 0.422 e. The number of ether oxygens (including phenoxy) is 1. The molecule has 0 radical (unpaired) electrons. The highest BCUT2D eigenvalue weighted by atomic mass is 35.5. The van der Waals surface area contributed by atoms with Crippen LogP contribution < -0.4 is 10.1 Å². The van der Waals surface area contributed by atoms with E-state index in [1.54, 1.807) is 0 Å². The molecule has 1 amide bonds. The fourth-order valence-electron chi connectivity index (χ4n) is 1.25. The number of benzene rings is 1. The van der Waals surface area contributed by atoms with Gasteiger partial charge in [0.2, 0.25) is 5.91 Å². The molecule has 3 nitrogen and oxygen atoms in total. The summed E-state index contributed by atoms with van der Waals surface area (Å²) < 4.78 is 40.3. The van der Waals surface area contributed by atoms with E-state index in [9.17, 15) is 18.0 Å². The third-order valence-corrected chi connectivity index (χ3v) is 2.35. The molecule has 0 aliphatic rings. The van der Waals surface area contributed by atoms with Crippen LogP contribution in [-0.2, 0) is 4.79 Å². The molecule has 19 heavy (non-hydrogen) atoms. The van der Waals surface area contributed by atoms with Crippen molar-refractivity contribution in [3.8, 4) is 5.75 Å². The van der Waals surface area contributed by atoms with Crippen LogP contribution in [0.2, 0.25) is 0 Å². The summed E-state index contributed by atoms with van der Waals surface area (Å²) in [7, 11) is 0. The molecule has 0 bridgehead atoms. The molecule has 1 N–H and O–H groups in total. The van der Waals surface area contributed by atoms with E-state index < -0.39 is 12.8 Å². The van der Waals surface area contributed by atoms with Crippen LogP contribution >= 0.6 is 11.6 Å².